The van der Waals surface area contributed by atoms with E-state index in [0.717, 1.165) is 0 Å². The number of hydrogen-bond donors (Lipinski definition) is 1. The molecule has 0 heterocycles. The third-order valence-electron chi connectivity index (χ3n) is 1.65. The lowest BCUT2D eigenvalue weighted by Gasteiger charge is -2.23. The number of alkyl halides is 1. The Morgan fingerprint density at radius 1 is 1.83 bits per heavy atom. The van der Waals surface area contributed by atoms with Crippen LogP contribution in [0.1, 0.15) is 6.42 Å². The first-order valence-electron chi connectivity index (χ1n) is 3.44. The molecule has 0 amide bonds. The fourth-order valence-corrected chi connectivity index (χ4v) is 1.39. The molecule has 1 N–H and O–H groups in total. The lowest BCUT2D eigenvalue weighted by Crippen LogP contribution is -2.23. The molecule has 0 aromatic rings. The van der Waals surface area contributed by atoms with Crippen LogP contribution in [-0.4, -0.2) is 22.7 Å². The number of hydrogen-bond acceptors (Lipinski definition) is 2. The van der Waals surface area contributed by atoms with Gasteiger partial charge in [0.05, 0.1) is 5.57 Å². The average molecular weight is 233 g/mol. The van der Waals surface area contributed by atoms with Gasteiger partial charge in [0.1, 0.15) is 4.51 Å². The number of halogens is 1. The number of carboxylic acid groups (broad SMARTS) is 1. The monoisotopic (exact) mass is 232 g/mol. The Kier molecular flexibility index (Phi) is 2.69. The number of methoxy groups -OCH3 is 1. The molecule has 12 heavy (non-hydrogen) atoms. The Balaban J connectivity index is 2.89. The Bertz CT molecular complexity index is 257. The van der Waals surface area contributed by atoms with E-state index < -0.39 is 10.5 Å². The highest BCUT2D eigenvalue weighted by Crippen LogP contribution is 2.30. The van der Waals surface area contributed by atoms with Gasteiger partial charge in [-0.2, -0.15) is 0 Å². The minimum absolute atomic E-state index is 0.250. The van der Waals surface area contributed by atoms with Crippen LogP contribution in [0, 0.1) is 0 Å². The van der Waals surface area contributed by atoms with Gasteiger partial charge in [-0.1, -0.05) is 12.2 Å². The van der Waals surface area contributed by atoms with Crippen molar-refractivity contribution in [2.45, 2.75) is 10.9 Å². The maximum atomic E-state index is 10.6. The Labute approximate surface area is 78.8 Å². The predicted octanol–water partition coefficient (Wildman–Crippen LogP) is 1.69. The molecule has 1 unspecified atom stereocenters. The quantitative estimate of drug-likeness (QED) is 0.738. The molecule has 0 saturated heterocycles. The van der Waals surface area contributed by atoms with Crippen LogP contribution in [0.25, 0.3) is 0 Å². The summed E-state index contributed by atoms with van der Waals surface area (Å²) in [5, 5.41) is 8.67. The second kappa shape index (κ2) is 3.41. The van der Waals surface area contributed by atoms with Crippen molar-refractivity contribution in [3.8, 4) is 0 Å². The number of aliphatic carboxylic acids is 1. The summed E-state index contributed by atoms with van der Waals surface area (Å²) in [5.41, 5.74) is 0.250. The van der Waals surface area contributed by atoms with Gasteiger partial charge in [0.2, 0.25) is 0 Å². The molecule has 0 aromatic heterocycles. The van der Waals surface area contributed by atoms with Crippen molar-refractivity contribution in [1.82, 2.24) is 0 Å². The van der Waals surface area contributed by atoms with E-state index in [1.54, 1.807) is 18.2 Å². The van der Waals surface area contributed by atoms with Gasteiger partial charge in [0.15, 0.2) is 0 Å². The molecule has 66 valence electrons. The number of carboxylic acids is 1. The Hall–Kier alpha value is -0.610. The zero-order valence-electron chi connectivity index (χ0n) is 6.58. The van der Waals surface area contributed by atoms with Crippen LogP contribution in [0.3, 0.4) is 0 Å². The van der Waals surface area contributed by atoms with Crippen molar-refractivity contribution >= 4 is 21.9 Å². The lowest BCUT2D eigenvalue weighted by atomic mass is 10.1. The van der Waals surface area contributed by atoms with Crippen molar-refractivity contribution in [2.75, 3.05) is 7.11 Å². The molecule has 1 aliphatic rings. The summed E-state index contributed by atoms with van der Waals surface area (Å²) in [6, 6.07) is 0. The minimum atomic E-state index is -0.938. The lowest BCUT2D eigenvalue weighted by molar-refractivity contribution is -0.132. The van der Waals surface area contributed by atoms with Crippen LogP contribution < -0.4 is 0 Å². The zero-order chi connectivity index (χ0) is 9.19. The fraction of sp³-hybridized carbons (Fsp3) is 0.375. The molecule has 0 spiro atoms. The second-order valence-electron chi connectivity index (χ2n) is 2.50. The van der Waals surface area contributed by atoms with E-state index in [9.17, 15) is 4.79 Å². The SMILES string of the molecule is COC1(Br)C=C(C(=O)O)C=CC1. The third kappa shape index (κ3) is 1.95. The summed E-state index contributed by atoms with van der Waals surface area (Å²) in [4.78, 5) is 10.6. The molecule has 3 nitrogen and oxygen atoms in total. The first-order valence-corrected chi connectivity index (χ1v) is 4.23. The van der Waals surface area contributed by atoms with Gasteiger partial charge in [-0.3, -0.25) is 0 Å². The van der Waals surface area contributed by atoms with Crippen molar-refractivity contribution in [3.05, 3.63) is 23.8 Å². The third-order valence-corrected chi connectivity index (χ3v) is 2.53. The first kappa shape index (κ1) is 9.48. The molecular weight excluding hydrogens is 224 g/mol. The molecule has 1 atom stereocenters. The van der Waals surface area contributed by atoms with Crippen LogP contribution in [0.4, 0.5) is 0 Å². The van der Waals surface area contributed by atoms with Gasteiger partial charge in [0.25, 0.3) is 0 Å². The highest BCUT2D eigenvalue weighted by atomic mass is 79.9. The standard InChI is InChI=1S/C8H9BrO3/c1-12-8(9)4-2-3-6(5-8)7(10)11/h2-3,5H,4H2,1H3,(H,10,11). The summed E-state index contributed by atoms with van der Waals surface area (Å²) in [6.07, 6.45) is 5.53. The van der Waals surface area contributed by atoms with Crippen LogP contribution in [0.5, 0.6) is 0 Å². The minimum Gasteiger partial charge on any atom is -0.478 e. The molecule has 1 rings (SSSR count). The molecule has 0 radical (unpaired) electrons. The molecule has 0 saturated carbocycles. The summed E-state index contributed by atoms with van der Waals surface area (Å²) >= 11 is 3.29. The van der Waals surface area contributed by atoms with Gasteiger partial charge in [0, 0.05) is 13.5 Å². The van der Waals surface area contributed by atoms with E-state index in [-0.39, 0.29) is 5.57 Å². The van der Waals surface area contributed by atoms with Gasteiger partial charge in [-0.15, -0.1) is 0 Å². The van der Waals surface area contributed by atoms with Gasteiger partial charge in [-0.25, -0.2) is 4.79 Å². The topological polar surface area (TPSA) is 46.5 Å². The van der Waals surface area contributed by atoms with Crippen LogP contribution in [0.15, 0.2) is 23.8 Å². The Morgan fingerprint density at radius 2 is 2.50 bits per heavy atom. The fourth-order valence-electron chi connectivity index (χ4n) is 0.961. The largest absolute Gasteiger partial charge is 0.478 e. The van der Waals surface area contributed by atoms with Gasteiger partial charge >= 0.3 is 5.97 Å². The molecular formula is C8H9BrO3. The highest BCUT2D eigenvalue weighted by molar-refractivity contribution is 9.10. The van der Waals surface area contributed by atoms with Crippen LogP contribution >= 0.6 is 15.9 Å². The normalized spacial score (nSPS) is 28.3. The zero-order valence-corrected chi connectivity index (χ0v) is 8.17. The molecule has 0 fully saturated rings. The number of carbonyl (C=O) groups is 1. The van der Waals surface area contributed by atoms with E-state index in [1.165, 1.54) is 7.11 Å². The van der Waals surface area contributed by atoms with E-state index in [4.69, 9.17) is 9.84 Å². The predicted molar refractivity (Wildman–Crippen MR) is 48.1 cm³/mol. The van der Waals surface area contributed by atoms with Crippen molar-refractivity contribution in [1.29, 1.82) is 0 Å². The number of ether oxygens (including phenoxy) is 1. The molecule has 1 aliphatic carbocycles. The first-order chi connectivity index (χ1) is 5.57. The maximum absolute atomic E-state index is 10.6. The Morgan fingerprint density at radius 3 is 3.00 bits per heavy atom. The molecule has 0 aromatic carbocycles. The van der Waals surface area contributed by atoms with Crippen LogP contribution in [0.2, 0.25) is 0 Å². The summed E-state index contributed by atoms with van der Waals surface area (Å²) in [5.74, 6) is -0.938. The summed E-state index contributed by atoms with van der Waals surface area (Å²) < 4.78 is 4.44. The van der Waals surface area contributed by atoms with E-state index >= 15 is 0 Å². The summed E-state index contributed by atoms with van der Waals surface area (Å²) in [7, 11) is 1.53. The van der Waals surface area contributed by atoms with Crippen molar-refractivity contribution in [3.63, 3.8) is 0 Å². The van der Waals surface area contributed by atoms with Crippen molar-refractivity contribution < 1.29 is 14.6 Å². The van der Waals surface area contributed by atoms with Crippen molar-refractivity contribution in [2.24, 2.45) is 0 Å². The molecule has 4 heteroatoms. The average Bonchev–Trinajstić information content (AvgIpc) is 2.05. The van der Waals surface area contributed by atoms with E-state index in [1.807, 2.05) is 0 Å². The van der Waals surface area contributed by atoms with Gasteiger partial charge in [-0.05, 0) is 22.0 Å². The highest BCUT2D eigenvalue weighted by Gasteiger charge is 2.26. The molecule has 0 aliphatic heterocycles. The second-order valence-corrected chi connectivity index (χ2v) is 3.84. The van der Waals surface area contributed by atoms with E-state index in [2.05, 4.69) is 15.9 Å². The van der Waals surface area contributed by atoms with Crippen LogP contribution in [-0.2, 0) is 9.53 Å². The van der Waals surface area contributed by atoms with E-state index in [0.29, 0.717) is 6.42 Å². The molecule has 0 bridgehead atoms. The number of rotatable bonds is 2. The summed E-state index contributed by atoms with van der Waals surface area (Å²) in [6.45, 7) is 0. The maximum Gasteiger partial charge on any atom is 0.335 e. The smallest absolute Gasteiger partial charge is 0.335 e. The van der Waals surface area contributed by atoms with Gasteiger partial charge < -0.3 is 9.84 Å².